The predicted molar refractivity (Wildman–Crippen MR) is 233 cm³/mol. The first-order valence-corrected chi connectivity index (χ1v) is 23.5. The maximum absolute atomic E-state index is 15.0. The molecule has 0 aromatic heterocycles. The molecular weight excluding hydrogens is 865 g/mol. The monoisotopic (exact) mass is 941 g/mol. The van der Waals surface area contributed by atoms with Crippen LogP contribution >= 0.6 is 0 Å². The van der Waals surface area contributed by atoms with E-state index >= 15 is 0 Å². The summed E-state index contributed by atoms with van der Waals surface area (Å²) < 4.78 is 30.0. The van der Waals surface area contributed by atoms with Crippen molar-refractivity contribution in [1.29, 1.82) is 0 Å². The Morgan fingerprint density at radius 2 is 1.52 bits per heavy atom. The standard InChI is InChI=1S/C48H76O18/c1-24-34(53)36(55)38(57)40(62-24)65-39-37(56)35(54)27(23-61-33(52)22-44(6,58)21-32(50)51)63-41(39)64-31-15-13-26-25(43(31,4)5)12-14-29-45(7)19-16-28(46(45,8)20-30(49)48(26,29)10)47(9,59)18-11-17-42(2,3)66-60/h11-12,17,24,26-29,31,34-41,53-60H,13-16,18-23H2,1-10H3,(H,50,51)/b17-11+/t24-,26?,27+,28?,29?,31?,34-,35+,36+,37-,38+,39+,40+,41-,44?,45?,46?,47?,48?/m0/s1. The molecule has 5 fully saturated rings. The zero-order chi connectivity index (χ0) is 49.3. The molecular formula is C48H76O18. The van der Waals surface area contributed by atoms with E-state index in [1.54, 1.807) is 19.9 Å². The van der Waals surface area contributed by atoms with Crippen LogP contribution in [0.15, 0.2) is 23.8 Å². The maximum Gasteiger partial charge on any atom is 0.308 e. The van der Waals surface area contributed by atoms with Crippen LogP contribution in [0.3, 0.4) is 0 Å². The summed E-state index contributed by atoms with van der Waals surface area (Å²) in [5.74, 6) is -2.52. The van der Waals surface area contributed by atoms with Crippen molar-refractivity contribution >= 4 is 17.7 Å². The summed E-state index contributed by atoms with van der Waals surface area (Å²) in [6.07, 6.45) is -8.10. The lowest BCUT2D eigenvalue weighted by Gasteiger charge is -2.65. The van der Waals surface area contributed by atoms with Crippen molar-refractivity contribution in [2.24, 2.45) is 39.4 Å². The van der Waals surface area contributed by atoms with Crippen LogP contribution in [0.4, 0.5) is 0 Å². The van der Waals surface area contributed by atoms with Crippen molar-refractivity contribution in [2.75, 3.05) is 6.61 Å². The van der Waals surface area contributed by atoms with Crippen molar-refractivity contribution in [2.45, 2.75) is 211 Å². The Morgan fingerprint density at radius 3 is 2.15 bits per heavy atom. The minimum absolute atomic E-state index is 0.0260. The number of rotatable bonds is 15. The second-order valence-electron chi connectivity index (χ2n) is 22.6. The second kappa shape index (κ2) is 18.7. The Kier molecular flexibility index (Phi) is 15.0. The summed E-state index contributed by atoms with van der Waals surface area (Å²) in [7, 11) is 0. The van der Waals surface area contributed by atoms with Gasteiger partial charge in [-0.15, -0.1) is 0 Å². The minimum atomic E-state index is -1.93. The number of hydrogen-bond acceptors (Lipinski definition) is 17. The number of esters is 1. The van der Waals surface area contributed by atoms with E-state index in [0.717, 1.165) is 18.4 Å². The van der Waals surface area contributed by atoms with E-state index in [0.29, 0.717) is 32.1 Å². The molecule has 6 aliphatic rings. The van der Waals surface area contributed by atoms with Gasteiger partial charge in [-0.2, -0.15) is 0 Å². The average Bonchev–Trinajstić information content (AvgIpc) is 3.48. The van der Waals surface area contributed by atoms with Crippen LogP contribution in [0.25, 0.3) is 0 Å². The summed E-state index contributed by atoms with van der Waals surface area (Å²) in [5, 5.41) is 95.6. The number of carboxylic acid groups (broad SMARTS) is 1. The molecule has 2 aliphatic heterocycles. The summed E-state index contributed by atoms with van der Waals surface area (Å²) in [4.78, 5) is 43.5. The number of carbonyl (C=O) groups is 3. The molecule has 2 saturated heterocycles. The van der Waals surface area contributed by atoms with Crippen LogP contribution < -0.4 is 0 Å². The van der Waals surface area contributed by atoms with E-state index in [2.05, 4.69) is 31.7 Å². The molecule has 18 nitrogen and oxygen atoms in total. The topological polar surface area (TPSA) is 289 Å². The van der Waals surface area contributed by atoms with Crippen LogP contribution in [0.5, 0.6) is 0 Å². The van der Waals surface area contributed by atoms with Gasteiger partial charge in [-0.05, 0) is 102 Å². The fourth-order valence-electron chi connectivity index (χ4n) is 13.1. The lowest BCUT2D eigenvalue weighted by Crippen LogP contribution is -2.65. The highest BCUT2D eigenvalue weighted by Crippen LogP contribution is 2.74. The van der Waals surface area contributed by atoms with Crippen LogP contribution in [-0.2, 0) is 43.0 Å². The summed E-state index contributed by atoms with van der Waals surface area (Å²) in [6.45, 7) is 17.8. The molecule has 0 amide bonds. The number of allylic oxidation sites excluding steroid dienone is 1. The van der Waals surface area contributed by atoms with Gasteiger partial charge in [0.15, 0.2) is 12.6 Å². The molecule has 6 rings (SSSR count). The van der Waals surface area contributed by atoms with Crippen LogP contribution in [-0.4, -0.2) is 155 Å². The van der Waals surface area contributed by atoms with Gasteiger partial charge < -0.3 is 64.5 Å². The zero-order valence-electron chi connectivity index (χ0n) is 40.1. The van der Waals surface area contributed by atoms with Crippen LogP contribution in [0.2, 0.25) is 0 Å². The van der Waals surface area contributed by atoms with Crippen molar-refractivity contribution in [1.82, 2.24) is 0 Å². The number of fused-ring (bicyclic) bond motifs is 5. The predicted octanol–water partition coefficient (Wildman–Crippen LogP) is 2.94. The van der Waals surface area contributed by atoms with Gasteiger partial charge in [0.05, 0.1) is 36.3 Å². The highest BCUT2D eigenvalue weighted by Gasteiger charge is 2.72. The summed E-state index contributed by atoms with van der Waals surface area (Å²) >= 11 is 0. The number of Topliss-reactive ketones (excluding diaryl/α,β-unsaturated/α-hetero) is 1. The number of aliphatic hydroxyl groups is 7. The zero-order valence-corrected chi connectivity index (χ0v) is 40.1. The molecule has 3 saturated carbocycles. The molecule has 66 heavy (non-hydrogen) atoms. The first kappa shape index (κ1) is 52.9. The van der Waals surface area contributed by atoms with Gasteiger partial charge >= 0.3 is 11.9 Å². The van der Waals surface area contributed by atoms with E-state index in [9.17, 15) is 55.4 Å². The number of ether oxygens (including phenoxy) is 5. The molecule has 9 unspecified atom stereocenters. The van der Waals surface area contributed by atoms with Crippen LogP contribution in [0, 0.1) is 39.4 Å². The third-order valence-electron chi connectivity index (χ3n) is 17.1. The third-order valence-corrected chi connectivity index (χ3v) is 17.1. The Balaban J connectivity index is 1.25. The van der Waals surface area contributed by atoms with Crippen molar-refractivity contribution in [3.63, 3.8) is 0 Å². The first-order chi connectivity index (χ1) is 30.4. The molecule has 19 atom stereocenters. The van der Waals surface area contributed by atoms with Gasteiger partial charge in [-0.1, -0.05) is 58.4 Å². The lowest BCUT2D eigenvalue weighted by atomic mass is 9.38. The minimum Gasteiger partial charge on any atom is -0.481 e. The number of ketones is 1. The van der Waals surface area contributed by atoms with E-state index in [1.165, 1.54) is 13.8 Å². The van der Waals surface area contributed by atoms with E-state index in [-0.39, 0.29) is 29.0 Å². The Morgan fingerprint density at radius 1 is 0.848 bits per heavy atom. The Labute approximate surface area is 387 Å². The van der Waals surface area contributed by atoms with Crippen molar-refractivity contribution in [3.8, 4) is 0 Å². The summed E-state index contributed by atoms with van der Waals surface area (Å²) in [6, 6.07) is 0. The normalized spacial score (nSPS) is 44.3. The fraction of sp³-hybridized carbons (Fsp3) is 0.854. The molecule has 0 bridgehead atoms. The molecule has 0 spiro atoms. The quantitative estimate of drug-likeness (QED) is 0.0494. The number of carbonyl (C=O) groups excluding carboxylic acids is 2. The summed E-state index contributed by atoms with van der Waals surface area (Å²) in [5.41, 5.74) is -5.24. The second-order valence-corrected chi connectivity index (χ2v) is 22.6. The highest BCUT2D eigenvalue weighted by atomic mass is 17.1. The largest absolute Gasteiger partial charge is 0.481 e. The molecule has 4 aliphatic carbocycles. The van der Waals surface area contributed by atoms with Gasteiger partial charge in [-0.3, -0.25) is 19.6 Å². The van der Waals surface area contributed by atoms with Crippen LogP contribution in [0.1, 0.15) is 127 Å². The first-order valence-electron chi connectivity index (χ1n) is 23.5. The Hall–Kier alpha value is -2.43. The van der Waals surface area contributed by atoms with E-state index in [1.807, 2.05) is 26.8 Å². The number of hydrogen-bond donors (Lipinski definition) is 9. The molecule has 0 radical (unpaired) electrons. The molecule has 18 heteroatoms. The van der Waals surface area contributed by atoms with E-state index < -0.39 is 132 Å². The van der Waals surface area contributed by atoms with Gasteiger partial charge in [-0.25, -0.2) is 4.89 Å². The molecule has 2 heterocycles. The van der Waals surface area contributed by atoms with E-state index in [4.69, 9.17) is 28.8 Å². The SMILES string of the molecule is C[C@@H]1O[C@H](O[C@H]2[C@H](OC3CCC4C(=CCC5C4(C)C(=O)CC4(C)C(C(C)(O)C/C=C/C(C)(C)OO)CCC54C)C3(C)C)O[C@H](COC(=O)CC(C)(O)CC(=O)O)[C@@H](O)[C@@H]2O)[C@H](O)[C@H](O)[C@H]1O. The lowest BCUT2D eigenvalue weighted by molar-refractivity contribution is -0.372. The van der Waals surface area contributed by atoms with Crippen molar-refractivity contribution < 1.29 is 89.1 Å². The molecule has 0 aromatic rings. The highest BCUT2D eigenvalue weighted by molar-refractivity contribution is 5.88. The fourth-order valence-corrected chi connectivity index (χ4v) is 13.1. The number of aliphatic hydroxyl groups excluding tert-OH is 5. The Bertz CT molecular complexity index is 1860. The average molecular weight is 941 g/mol. The molecule has 0 aromatic carbocycles. The molecule has 376 valence electrons. The van der Waals surface area contributed by atoms with Gasteiger partial charge in [0.2, 0.25) is 0 Å². The maximum atomic E-state index is 15.0. The number of aliphatic carboxylic acids is 1. The molecule has 9 N–H and O–H groups in total. The number of carboxylic acids is 1. The smallest absolute Gasteiger partial charge is 0.308 e. The van der Waals surface area contributed by atoms with Gasteiger partial charge in [0, 0.05) is 17.3 Å². The van der Waals surface area contributed by atoms with Gasteiger partial charge in [0.1, 0.15) is 60.7 Å². The van der Waals surface area contributed by atoms with Gasteiger partial charge in [0.25, 0.3) is 0 Å². The van der Waals surface area contributed by atoms with Crippen molar-refractivity contribution in [3.05, 3.63) is 23.8 Å². The third kappa shape index (κ3) is 9.58.